The van der Waals surface area contributed by atoms with Crippen molar-refractivity contribution in [2.45, 2.75) is 109 Å². The molecule has 2 aliphatic rings. The average Bonchev–Trinajstić information content (AvgIpc) is 3.29. The molecule has 0 spiro atoms. The van der Waals surface area contributed by atoms with E-state index in [2.05, 4.69) is 23.3 Å². The van der Waals surface area contributed by atoms with Crippen LogP contribution in [0.15, 0.2) is 60.7 Å². The van der Waals surface area contributed by atoms with Gasteiger partial charge in [-0.3, -0.25) is 0 Å². The molecule has 0 bridgehead atoms. The van der Waals surface area contributed by atoms with E-state index in [1.54, 1.807) is 0 Å². The predicted octanol–water partition coefficient (Wildman–Crippen LogP) is 16.0. The van der Waals surface area contributed by atoms with Gasteiger partial charge in [-0.1, -0.05) is 82.0 Å². The SMILES string of the molecule is CCCC1CC=C(c2ccc(-c3ccc(OC(F)(F)F)c(F)c3C)c(F)c2F)CC1.CCCC1CC=C(c2ccc(-c3ccc(OC(F)(F)F)c(F)c3O)c(F)c2F)CC1.O=S(=O)(OS(=O)(=O)C(F)(F)F)C(F)(F)F. The fourth-order valence-electron chi connectivity index (χ4n) is 7.94. The number of allylic oxidation sites excluding steroid dienone is 4. The molecule has 28 heteroatoms. The highest BCUT2D eigenvalue weighted by Gasteiger charge is 2.57. The second kappa shape index (κ2) is 24.1. The highest BCUT2D eigenvalue weighted by atomic mass is 32.3. The second-order valence-corrected chi connectivity index (χ2v) is 20.0. The zero-order valence-corrected chi connectivity index (χ0v) is 40.6. The lowest BCUT2D eigenvalue weighted by Gasteiger charge is -2.22. The van der Waals surface area contributed by atoms with Crippen LogP contribution in [0.5, 0.6) is 17.2 Å². The first-order chi connectivity index (χ1) is 34.4. The number of rotatable bonds is 12. The number of hydrogen-bond acceptors (Lipinski definition) is 8. The standard InChI is InChI=1S/C23H22F6O.C22H20F6O2.C2F6O5S2/c1-3-4-14-5-7-15(8-6-14)17-9-10-18(22(26)21(17)25)16-11-12-19(20(24)13(16)2)30-23(27,28)29;1-2-3-12-4-6-13(7-5-12)14-8-9-15(19(24)18(14)23)16-10-11-17(20(25)21(16)29)30-22(26,27)28;3-1(4,5)14(9,10)13-15(11,12)2(6,7)8/h7,9-12,14H,3-6,8H2,1-2H3;6,8-12,29H,2-5,7H2,1H3;. The van der Waals surface area contributed by atoms with Gasteiger partial charge >= 0.3 is 44.0 Å². The van der Waals surface area contributed by atoms with Crippen LogP contribution < -0.4 is 9.47 Å². The minimum atomic E-state index is -6.85. The van der Waals surface area contributed by atoms with Crippen LogP contribution in [0.1, 0.15) is 94.7 Å². The van der Waals surface area contributed by atoms with Crippen molar-refractivity contribution >= 4 is 31.4 Å². The van der Waals surface area contributed by atoms with Gasteiger partial charge in [-0.05, 0) is 97.8 Å². The Morgan fingerprint density at radius 1 is 0.493 bits per heavy atom. The normalized spacial score (nSPS) is 16.7. The highest BCUT2D eigenvalue weighted by molar-refractivity contribution is 8.00. The Morgan fingerprint density at radius 3 is 1.17 bits per heavy atom. The summed E-state index contributed by atoms with van der Waals surface area (Å²) in [6.45, 7) is 5.39. The van der Waals surface area contributed by atoms with E-state index < -0.39 is 107 Å². The molecule has 0 saturated carbocycles. The number of alkyl halides is 12. The maximum Gasteiger partial charge on any atom is 0.573 e. The van der Waals surface area contributed by atoms with Gasteiger partial charge in [0, 0.05) is 27.8 Å². The van der Waals surface area contributed by atoms with Crippen molar-refractivity contribution in [3.8, 4) is 39.5 Å². The van der Waals surface area contributed by atoms with Crippen LogP contribution >= 0.6 is 0 Å². The third-order valence-corrected chi connectivity index (χ3v) is 14.1. The Balaban J connectivity index is 0.000000258. The number of hydrogen-bond donors (Lipinski definition) is 1. The van der Waals surface area contributed by atoms with E-state index in [1.807, 2.05) is 15.8 Å². The molecule has 2 atom stereocenters. The minimum absolute atomic E-state index is 0.0365. The number of phenolic OH excluding ortho intramolecular Hbond substituents is 1. The lowest BCUT2D eigenvalue weighted by atomic mass is 9.84. The average molecular weight is 1140 g/mol. The largest absolute Gasteiger partial charge is 0.573 e. The molecule has 2 unspecified atom stereocenters. The van der Waals surface area contributed by atoms with Gasteiger partial charge in [0.15, 0.2) is 46.3 Å². The van der Waals surface area contributed by atoms with Crippen molar-refractivity contribution in [1.29, 1.82) is 0 Å². The lowest BCUT2D eigenvalue weighted by Crippen LogP contribution is -2.34. The van der Waals surface area contributed by atoms with E-state index in [0.717, 1.165) is 75.1 Å². The van der Waals surface area contributed by atoms with Crippen molar-refractivity contribution in [2.75, 3.05) is 0 Å². The van der Waals surface area contributed by atoms with E-state index >= 15 is 0 Å². The molecule has 75 heavy (non-hydrogen) atoms. The third kappa shape index (κ3) is 15.7. The van der Waals surface area contributed by atoms with Crippen LogP contribution in [-0.2, 0) is 23.9 Å². The van der Waals surface area contributed by atoms with Crippen molar-refractivity contribution < 1.29 is 114 Å². The number of benzene rings is 4. The van der Waals surface area contributed by atoms with Crippen LogP contribution in [0, 0.1) is 53.7 Å². The van der Waals surface area contributed by atoms with Crippen LogP contribution in [0.2, 0.25) is 0 Å². The first-order valence-electron chi connectivity index (χ1n) is 22.0. The molecule has 0 heterocycles. The Labute approximate surface area is 416 Å². The van der Waals surface area contributed by atoms with E-state index in [4.69, 9.17) is 0 Å². The maximum atomic E-state index is 14.8. The van der Waals surface area contributed by atoms with Gasteiger partial charge < -0.3 is 14.6 Å². The molecule has 416 valence electrons. The molecule has 8 nitrogen and oxygen atoms in total. The molecule has 0 radical (unpaired) electrons. The first-order valence-corrected chi connectivity index (χ1v) is 24.8. The smallest absolute Gasteiger partial charge is 0.504 e. The van der Waals surface area contributed by atoms with Crippen LogP contribution in [0.3, 0.4) is 0 Å². The summed E-state index contributed by atoms with van der Waals surface area (Å²) in [7, 11) is -13.7. The Bertz CT molecular complexity index is 2780. The van der Waals surface area contributed by atoms with Gasteiger partial charge in [0.2, 0.25) is 5.82 Å². The maximum absolute atomic E-state index is 14.8. The summed E-state index contributed by atoms with van der Waals surface area (Å²) in [5.41, 5.74) is -12.3. The Hall–Kier alpha value is -5.64. The molecule has 0 aromatic heterocycles. The van der Waals surface area contributed by atoms with Gasteiger partial charge in [-0.15, -0.1) is 30.0 Å². The van der Waals surface area contributed by atoms with Gasteiger partial charge in [-0.25, -0.2) is 22.0 Å². The van der Waals surface area contributed by atoms with E-state index in [-0.39, 0.29) is 27.8 Å². The molecule has 4 aromatic carbocycles. The van der Waals surface area contributed by atoms with Gasteiger partial charge in [-0.2, -0.15) is 47.6 Å². The number of ether oxygens (including phenoxy) is 2. The summed E-state index contributed by atoms with van der Waals surface area (Å²) in [6, 6.07) is 8.56. The predicted molar refractivity (Wildman–Crippen MR) is 235 cm³/mol. The van der Waals surface area contributed by atoms with Crippen molar-refractivity contribution in [3.63, 3.8) is 0 Å². The van der Waals surface area contributed by atoms with Gasteiger partial charge in [0.1, 0.15) is 0 Å². The minimum Gasteiger partial charge on any atom is -0.504 e. The quantitative estimate of drug-likeness (QED) is 0.110. The lowest BCUT2D eigenvalue weighted by molar-refractivity contribution is -0.276. The molecule has 1 N–H and O–H groups in total. The molecular weight excluding hydrogens is 1100 g/mol. The molecule has 0 amide bonds. The molecule has 0 saturated heterocycles. The fraction of sp³-hybridized carbons (Fsp3) is 0.404. The second-order valence-electron chi connectivity index (χ2n) is 16.7. The highest BCUT2D eigenvalue weighted by Crippen LogP contribution is 2.43. The zero-order valence-electron chi connectivity index (χ0n) is 38.9. The summed E-state index contributed by atoms with van der Waals surface area (Å²) >= 11 is 0. The molecule has 0 aliphatic heterocycles. The summed E-state index contributed by atoms with van der Waals surface area (Å²) in [6.07, 6.45) is 2.52. The third-order valence-electron chi connectivity index (χ3n) is 11.5. The fourth-order valence-corrected chi connectivity index (χ4v) is 9.50. The van der Waals surface area contributed by atoms with Crippen LogP contribution in [0.25, 0.3) is 33.4 Å². The number of phenols is 1. The van der Waals surface area contributed by atoms with Gasteiger partial charge in [0.25, 0.3) is 0 Å². The number of halogens is 18. The molecule has 6 rings (SSSR count). The van der Waals surface area contributed by atoms with Crippen molar-refractivity contribution in [3.05, 3.63) is 112 Å². The Kier molecular flexibility index (Phi) is 19.9. The van der Waals surface area contributed by atoms with Crippen LogP contribution in [-0.4, -0.2) is 45.7 Å². The topological polar surface area (TPSA) is 116 Å². The summed E-state index contributed by atoms with van der Waals surface area (Å²) in [5, 5.41) is 9.92. The monoisotopic (exact) mass is 1140 g/mol. The molecule has 0 fully saturated rings. The van der Waals surface area contributed by atoms with Crippen molar-refractivity contribution in [1.82, 2.24) is 0 Å². The zero-order chi connectivity index (χ0) is 56.8. The van der Waals surface area contributed by atoms with E-state index in [9.17, 15) is 101 Å². The van der Waals surface area contributed by atoms with Crippen molar-refractivity contribution in [2.24, 2.45) is 11.8 Å². The van der Waals surface area contributed by atoms with E-state index in [1.165, 1.54) is 31.2 Å². The van der Waals surface area contributed by atoms with Crippen LogP contribution in [0.4, 0.5) is 79.0 Å². The molecule has 4 aromatic rings. The molecular formula is C47H42F18O8S2. The number of aromatic hydroxyl groups is 1. The van der Waals surface area contributed by atoms with E-state index in [0.29, 0.717) is 36.3 Å². The summed E-state index contributed by atoms with van der Waals surface area (Å²) in [5.74, 6) is -10.1. The Morgan fingerprint density at radius 2 is 0.827 bits per heavy atom. The summed E-state index contributed by atoms with van der Waals surface area (Å²) < 4.78 is 279. The van der Waals surface area contributed by atoms with Gasteiger partial charge in [0.05, 0.1) is 0 Å². The molecule has 2 aliphatic carbocycles. The first kappa shape index (κ1) is 61.9. The summed E-state index contributed by atoms with van der Waals surface area (Å²) in [4.78, 5) is 0.